The summed E-state index contributed by atoms with van der Waals surface area (Å²) in [6.07, 6.45) is 1.69. The molecule has 2 heterocycles. The largest absolute Gasteiger partial charge is 0.494 e. The monoisotopic (exact) mass is 435 g/mol. The summed E-state index contributed by atoms with van der Waals surface area (Å²) in [6.45, 7) is 4.45. The Kier molecular flexibility index (Phi) is 6.70. The van der Waals surface area contributed by atoms with Crippen LogP contribution in [0, 0.1) is 0 Å². The molecule has 8 nitrogen and oxygen atoms in total. The van der Waals surface area contributed by atoms with E-state index >= 15 is 0 Å². The summed E-state index contributed by atoms with van der Waals surface area (Å²) in [4.78, 5) is 27.3. The van der Waals surface area contributed by atoms with Crippen molar-refractivity contribution in [1.82, 2.24) is 19.2 Å². The van der Waals surface area contributed by atoms with Gasteiger partial charge >= 0.3 is 5.69 Å². The molecule has 8 heteroatoms. The van der Waals surface area contributed by atoms with Crippen LogP contribution in [-0.4, -0.2) is 51.4 Å². The van der Waals surface area contributed by atoms with Crippen molar-refractivity contribution in [2.45, 2.75) is 25.7 Å². The van der Waals surface area contributed by atoms with Gasteiger partial charge in [-0.3, -0.25) is 9.69 Å². The van der Waals surface area contributed by atoms with Gasteiger partial charge in [-0.05, 0) is 69.3 Å². The first kappa shape index (κ1) is 21.8. The normalized spacial score (nSPS) is 14.9. The number of carbonyl (C=O) groups excluding carboxylic acids is 1. The standard InChI is InChI=1S/C24H29N5O3/c1-3-32-21-11-9-19(10-12-21)25-22(30)17-28-15-13-18(14-16-28)23-26-27(2)24(31)29(23)20-7-5-4-6-8-20/h4-12,18H,3,13-17H2,1-2H3,(H,25,30). The fourth-order valence-corrected chi connectivity index (χ4v) is 4.12. The molecule has 0 saturated carbocycles. The lowest BCUT2D eigenvalue weighted by Gasteiger charge is -2.31. The molecule has 2 aromatic carbocycles. The number of hydrogen-bond acceptors (Lipinski definition) is 5. The van der Waals surface area contributed by atoms with Gasteiger partial charge in [-0.25, -0.2) is 14.0 Å². The number of rotatable bonds is 7. The predicted molar refractivity (Wildman–Crippen MR) is 123 cm³/mol. The van der Waals surface area contributed by atoms with Crippen molar-refractivity contribution < 1.29 is 9.53 Å². The smallest absolute Gasteiger partial charge is 0.350 e. The number of aryl methyl sites for hydroxylation is 1. The van der Waals surface area contributed by atoms with E-state index in [4.69, 9.17) is 4.74 Å². The van der Waals surface area contributed by atoms with E-state index in [1.165, 1.54) is 4.68 Å². The number of piperidine rings is 1. The van der Waals surface area contributed by atoms with Gasteiger partial charge in [0.2, 0.25) is 5.91 Å². The van der Waals surface area contributed by atoms with Crippen molar-refractivity contribution in [3.8, 4) is 11.4 Å². The maximum absolute atomic E-state index is 12.7. The number of hydrogen-bond donors (Lipinski definition) is 1. The van der Waals surface area contributed by atoms with Crippen molar-refractivity contribution in [1.29, 1.82) is 0 Å². The first-order chi connectivity index (χ1) is 15.5. The van der Waals surface area contributed by atoms with Crippen LogP contribution in [0.3, 0.4) is 0 Å². The summed E-state index contributed by atoms with van der Waals surface area (Å²) in [5.74, 6) is 1.72. The molecule has 0 radical (unpaired) electrons. The predicted octanol–water partition coefficient (Wildman–Crippen LogP) is 2.79. The minimum Gasteiger partial charge on any atom is -0.494 e. The number of nitrogens with zero attached hydrogens (tertiary/aromatic N) is 4. The van der Waals surface area contributed by atoms with E-state index in [0.717, 1.165) is 48.9 Å². The number of para-hydroxylation sites is 1. The molecule has 1 amide bonds. The van der Waals surface area contributed by atoms with Gasteiger partial charge in [0.25, 0.3) is 0 Å². The first-order valence-corrected chi connectivity index (χ1v) is 11.0. The molecule has 0 unspecified atom stereocenters. The number of benzene rings is 2. The van der Waals surface area contributed by atoms with Crippen LogP contribution in [0.15, 0.2) is 59.4 Å². The van der Waals surface area contributed by atoms with E-state index in [1.807, 2.05) is 61.5 Å². The lowest BCUT2D eigenvalue weighted by Crippen LogP contribution is -2.39. The zero-order chi connectivity index (χ0) is 22.5. The third-order valence-electron chi connectivity index (χ3n) is 5.73. The van der Waals surface area contributed by atoms with Crippen molar-refractivity contribution in [3.05, 3.63) is 70.9 Å². The molecule has 1 aliphatic heterocycles. The summed E-state index contributed by atoms with van der Waals surface area (Å²) in [7, 11) is 1.69. The fourth-order valence-electron chi connectivity index (χ4n) is 4.12. The van der Waals surface area contributed by atoms with Crippen LogP contribution >= 0.6 is 0 Å². The number of likely N-dealkylation sites (tertiary alicyclic amines) is 1. The van der Waals surface area contributed by atoms with Crippen LogP contribution in [-0.2, 0) is 11.8 Å². The van der Waals surface area contributed by atoms with Gasteiger partial charge in [-0.1, -0.05) is 18.2 Å². The number of carbonyl (C=O) groups is 1. The van der Waals surface area contributed by atoms with Crippen LogP contribution in [0.1, 0.15) is 31.5 Å². The van der Waals surface area contributed by atoms with Gasteiger partial charge in [0, 0.05) is 18.7 Å². The third-order valence-corrected chi connectivity index (χ3v) is 5.73. The van der Waals surface area contributed by atoms with Crippen LogP contribution in [0.25, 0.3) is 5.69 Å². The molecule has 0 spiro atoms. The second kappa shape index (κ2) is 9.82. The maximum atomic E-state index is 12.7. The van der Waals surface area contributed by atoms with Crippen molar-refractivity contribution in [2.75, 3.05) is 31.6 Å². The molecule has 1 saturated heterocycles. The molecule has 0 aliphatic carbocycles. The topological polar surface area (TPSA) is 81.4 Å². The van der Waals surface area contributed by atoms with Crippen LogP contribution < -0.4 is 15.7 Å². The van der Waals surface area contributed by atoms with Crippen molar-refractivity contribution in [2.24, 2.45) is 7.05 Å². The minimum absolute atomic E-state index is 0.0355. The molecule has 0 bridgehead atoms. The molecule has 0 atom stereocenters. The molecule has 32 heavy (non-hydrogen) atoms. The Morgan fingerprint density at radius 2 is 1.78 bits per heavy atom. The molecule has 1 aromatic heterocycles. The second-order valence-electron chi connectivity index (χ2n) is 7.99. The Morgan fingerprint density at radius 3 is 2.44 bits per heavy atom. The van der Waals surface area contributed by atoms with E-state index in [-0.39, 0.29) is 17.5 Å². The van der Waals surface area contributed by atoms with Gasteiger partial charge in [-0.2, -0.15) is 5.10 Å². The molecule has 1 N–H and O–H groups in total. The lowest BCUT2D eigenvalue weighted by atomic mass is 9.95. The van der Waals surface area contributed by atoms with Gasteiger partial charge < -0.3 is 10.1 Å². The maximum Gasteiger partial charge on any atom is 0.350 e. The second-order valence-corrected chi connectivity index (χ2v) is 7.99. The van der Waals surface area contributed by atoms with E-state index in [1.54, 1.807) is 11.6 Å². The molecule has 1 fully saturated rings. The molecule has 1 aliphatic rings. The summed E-state index contributed by atoms with van der Waals surface area (Å²) >= 11 is 0. The Morgan fingerprint density at radius 1 is 1.09 bits per heavy atom. The van der Waals surface area contributed by atoms with Crippen LogP contribution in [0.4, 0.5) is 5.69 Å². The molecular formula is C24H29N5O3. The molecule has 4 rings (SSSR count). The molecule has 3 aromatic rings. The molecular weight excluding hydrogens is 406 g/mol. The van der Waals surface area contributed by atoms with Gasteiger partial charge in [0.1, 0.15) is 11.6 Å². The van der Waals surface area contributed by atoms with Crippen molar-refractivity contribution >= 4 is 11.6 Å². The summed E-state index contributed by atoms with van der Waals surface area (Å²) in [5.41, 5.74) is 1.45. The van der Waals surface area contributed by atoms with Gasteiger partial charge in [0.05, 0.1) is 18.8 Å². The zero-order valence-electron chi connectivity index (χ0n) is 18.5. The molecule has 168 valence electrons. The number of anilines is 1. The average Bonchev–Trinajstić information content (AvgIpc) is 3.10. The van der Waals surface area contributed by atoms with E-state index in [0.29, 0.717) is 13.2 Å². The van der Waals surface area contributed by atoms with E-state index in [9.17, 15) is 9.59 Å². The summed E-state index contributed by atoms with van der Waals surface area (Å²) in [5, 5.41) is 7.48. The zero-order valence-corrected chi connectivity index (χ0v) is 18.5. The average molecular weight is 436 g/mol. The number of aromatic nitrogens is 3. The SMILES string of the molecule is CCOc1ccc(NC(=O)CN2CCC(c3nn(C)c(=O)n3-c3ccccc3)CC2)cc1. The Balaban J connectivity index is 1.35. The highest BCUT2D eigenvalue weighted by atomic mass is 16.5. The number of ether oxygens (including phenoxy) is 1. The Hall–Kier alpha value is -3.39. The van der Waals surface area contributed by atoms with E-state index < -0.39 is 0 Å². The fraction of sp³-hybridized carbons (Fsp3) is 0.375. The lowest BCUT2D eigenvalue weighted by molar-refractivity contribution is -0.117. The highest BCUT2D eigenvalue weighted by Gasteiger charge is 2.27. The van der Waals surface area contributed by atoms with Gasteiger partial charge in [-0.15, -0.1) is 0 Å². The summed E-state index contributed by atoms with van der Waals surface area (Å²) in [6, 6.07) is 17.0. The minimum atomic E-state index is -0.136. The third kappa shape index (κ3) is 4.91. The quantitative estimate of drug-likeness (QED) is 0.617. The Bertz CT molecular complexity index is 1100. The van der Waals surface area contributed by atoms with E-state index in [2.05, 4.69) is 15.3 Å². The number of nitrogens with one attached hydrogen (secondary N) is 1. The summed E-state index contributed by atoms with van der Waals surface area (Å²) < 4.78 is 8.54. The van der Waals surface area contributed by atoms with Gasteiger partial charge in [0.15, 0.2) is 0 Å². The van der Waals surface area contributed by atoms with Crippen LogP contribution in [0.5, 0.6) is 5.75 Å². The highest BCUT2D eigenvalue weighted by Crippen LogP contribution is 2.27. The van der Waals surface area contributed by atoms with Crippen LogP contribution in [0.2, 0.25) is 0 Å². The highest BCUT2D eigenvalue weighted by molar-refractivity contribution is 5.92. The first-order valence-electron chi connectivity index (χ1n) is 11.0. The number of amides is 1. The van der Waals surface area contributed by atoms with Crippen molar-refractivity contribution in [3.63, 3.8) is 0 Å². The Labute approximate surface area is 187 Å².